The van der Waals surface area contributed by atoms with Gasteiger partial charge in [0.25, 0.3) is 5.91 Å². The van der Waals surface area contributed by atoms with Gasteiger partial charge in [-0.3, -0.25) is 4.79 Å². The van der Waals surface area contributed by atoms with E-state index >= 15 is 0 Å². The Morgan fingerprint density at radius 1 is 1.08 bits per heavy atom. The topological polar surface area (TPSA) is 42.0 Å². The average Bonchev–Trinajstić information content (AvgIpc) is 2.90. The number of halogens is 2. The number of hydrogen-bond donors (Lipinski definition) is 1. The molecule has 2 aromatic carbocycles. The number of anilines is 1. The molecule has 24 heavy (non-hydrogen) atoms. The molecule has 1 aromatic heterocycles. The van der Waals surface area contributed by atoms with Crippen molar-refractivity contribution in [2.45, 2.75) is 6.92 Å². The maximum atomic E-state index is 12.5. The van der Waals surface area contributed by atoms with Crippen molar-refractivity contribution in [2.24, 2.45) is 0 Å². The van der Waals surface area contributed by atoms with Crippen molar-refractivity contribution >= 4 is 66.0 Å². The normalized spacial score (nSPS) is 15.0. The first-order valence-corrected chi connectivity index (χ1v) is 9.01. The first kappa shape index (κ1) is 15.5. The maximum Gasteiger partial charge on any atom is 0.256 e. The standard InChI is InChI=1S/C19H12Br2N2O/c1-10-14(20)9-15(21)18-17(10)13(19(24)23-18)8-12-7-6-11-4-2-3-5-16(11)22-12/h2-9H,1H3,(H,23,24). The molecule has 1 amide bonds. The predicted molar refractivity (Wildman–Crippen MR) is 105 cm³/mol. The summed E-state index contributed by atoms with van der Waals surface area (Å²) in [6.45, 7) is 2.00. The summed E-state index contributed by atoms with van der Waals surface area (Å²) in [5, 5.41) is 4.02. The Morgan fingerprint density at radius 2 is 1.88 bits per heavy atom. The number of nitrogens with zero attached hydrogens (tertiary/aromatic N) is 1. The Labute approximate surface area is 156 Å². The largest absolute Gasteiger partial charge is 0.320 e. The molecule has 0 fully saturated rings. The number of aromatic nitrogens is 1. The van der Waals surface area contributed by atoms with Gasteiger partial charge >= 0.3 is 0 Å². The second-order valence-corrected chi connectivity index (χ2v) is 7.36. The van der Waals surface area contributed by atoms with Gasteiger partial charge < -0.3 is 5.32 Å². The molecule has 0 radical (unpaired) electrons. The van der Waals surface area contributed by atoms with Crippen LogP contribution in [0.25, 0.3) is 22.6 Å². The predicted octanol–water partition coefficient (Wildman–Crippen LogP) is 5.56. The molecular weight excluding hydrogens is 432 g/mol. The number of para-hydroxylation sites is 1. The minimum Gasteiger partial charge on any atom is -0.320 e. The zero-order valence-corrected chi connectivity index (χ0v) is 15.9. The summed E-state index contributed by atoms with van der Waals surface area (Å²) in [6, 6.07) is 13.8. The van der Waals surface area contributed by atoms with Gasteiger partial charge in [-0.05, 0) is 52.7 Å². The molecule has 3 aromatic rings. The van der Waals surface area contributed by atoms with Crippen LogP contribution in [0.15, 0.2) is 51.4 Å². The zero-order chi connectivity index (χ0) is 16.8. The molecule has 1 N–H and O–H groups in total. The fourth-order valence-electron chi connectivity index (χ4n) is 2.92. The molecular formula is C19H12Br2N2O. The summed E-state index contributed by atoms with van der Waals surface area (Å²) >= 11 is 7.07. The lowest BCUT2D eigenvalue weighted by molar-refractivity contribution is -0.110. The monoisotopic (exact) mass is 442 g/mol. The van der Waals surface area contributed by atoms with Crippen LogP contribution in [0.1, 0.15) is 16.8 Å². The van der Waals surface area contributed by atoms with E-state index in [1.54, 1.807) is 0 Å². The summed E-state index contributed by atoms with van der Waals surface area (Å²) in [7, 11) is 0. The number of carbonyl (C=O) groups excluding carboxylic acids is 1. The van der Waals surface area contributed by atoms with Gasteiger partial charge in [-0.1, -0.05) is 40.2 Å². The van der Waals surface area contributed by atoms with Crippen molar-refractivity contribution in [3.8, 4) is 0 Å². The van der Waals surface area contributed by atoms with Crippen molar-refractivity contribution in [1.29, 1.82) is 0 Å². The van der Waals surface area contributed by atoms with Crippen molar-refractivity contribution in [3.05, 3.63) is 68.2 Å². The molecule has 2 heterocycles. The van der Waals surface area contributed by atoms with Gasteiger partial charge in [0.15, 0.2) is 0 Å². The maximum absolute atomic E-state index is 12.5. The molecule has 0 atom stereocenters. The van der Waals surface area contributed by atoms with E-state index in [1.807, 2.05) is 55.5 Å². The van der Waals surface area contributed by atoms with Crippen LogP contribution in [-0.2, 0) is 4.79 Å². The van der Waals surface area contributed by atoms with Gasteiger partial charge in [-0.15, -0.1) is 0 Å². The molecule has 118 valence electrons. The third-order valence-corrected chi connectivity index (χ3v) is 5.59. The minimum atomic E-state index is -0.109. The van der Waals surface area contributed by atoms with E-state index in [2.05, 4.69) is 42.2 Å². The first-order valence-electron chi connectivity index (χ1n) is 7.42. The lowest BCUT2D eigenvalue weighted by Gasteiger charge is -2.08. The molecule has 4 rings (SSSR count). The van der Waals surface area contributed by atoms with Crippen LogP contribution >= 0.6 is 31.9 Å². The van der Waals surface area contributed by atoms with E-state index in [4.69, 9.17) is 0 Å². The lowest BCUT2D eigenvalue weighted by Crippen LogP contribution is -2.04. The van der Waals surface area contributed by atoms with Gasteiger partial charge in [-0.2, -0.15) is 0 Å². The van der Waals surface area contributed by atoms with Crippen LogP contribution in [0.4, 0.5) is 5.69 Å². The van der Waals surface area contributed by atoms with Crippen LogP contribution in [-0.4, -0.2) is 10.9 Å². The Morgan fingerprint density at radius 3 is 2.71 bits per heavy atom. The van der Waals surface area contributed by atoms with Gasteiger partial charge in [-0.25, -0.2) is 4.98 Å². The fraction of sp³-hybridized carbons (Fsp3) is 0.0526. The minimum absolute atomic E-state index is 0.109. The SMILES string of the molecule is Cc1c(Br)cc(Br)c2c1C(=Cc1ccc3ccccc3n1)C(=O)N2. The van der Waals surface area contributed by atoms with Crippen LogP contribution < -0.4 is 5.32 Å². The third kappa shape index (κ3) is 2.48. The van der Waals surface area contributed by atoms with Crippen molar-refractivity contribution in [2.75, 3.05) is 5.32 Å². The number of benzene rings is 2. The molecule has 0 spiro atoms. The van der Waals surface area contributed by atoms with Gasteiger partial charge in [0.1, 0.15) is 0 Å². The van der Waals surface area contributed by atoms with Crippen LogP contribution in [0.2, 0.25) is 0 Å². The lowest BCUT2D eigenvalue weighted by atomic mass is 10.0. The summed E-state index contributed by atoms with van der Waals surface area (Å²) in [5.41, 5.74) is 5.06. The number of hydrogen-bond acceptors (Lipinski definition) is 2. The first-order chi connectivity index (χ1) is 11.5. The number of pyridine rings is 1. The van der Waals surface area contributed by atoms with Crippen LogP contribution in [0.5, 0.6) is 0 Å². The Hall–Kier alpha value is -1.98. The van der Waals surface area contributed by atoms with Gasteiger partial charge in [0.2, 0.25) is 0 Å². The smallest absolute Gasteiger partial charge is 0.256 e. The molecule has 0 aliphatic carbocycles. The molecule has 5 heteroatoms. The molecule has 0 saturated carbocycles. The number of carbonyl (C=O) groups is 1. The van der Waals surface area contributed by atoms with Gasteiger partial charge in [0, 0.05) is 19.9 Å². The second kappa shape index (κ2) is 5.83. The molecule has 0 unspecified atom stereocenters. The zero-order valence-electron chi connectivity index (χ0n) is 12.7. The highest BCUT2D eigenvalue weighted by molar-refractivity contribution is 9.11. The van der Waals surface area contributed by atoms with E-state index in [1.165, 1.54) is 0 Å². The van der Waals surface area contributed by atoms with Crippen LogP contribution in [0, 0.1) is 6.92 Å². The van der Waals surface area contributed by atoms with Crippen LogP contribution in [0.3, 0.4) is 0 Å². The Kier molecular flexibility index (Phi) is 3.77. The van der Waals surface area contributed by atoms with E-state index in [-0.39, 0.29) is 5.91 Å². The third-order valence-electron chi connectivity index (χ3n) is 4.14. The van der Waals surface area contributed by atoms with Crippen molar-refractivity contribution in [1.82, 2.24) is 4.98 Å². The van der Waals surface area contributed by atoms with E-state index in [0.29, 0.717) is 5.57 Å². The Balaban J connectivity index is 1.90. The summed E-state index contributed by atoms with van der Waals surface area (Å²) in [4.78, 5) is 17.1. The molecule has 0 bridgehead atoms. The van der Waals surface area contributed by atoms with E-state index in [0.717, 1.165) is 42.4 Å². The average molecular weight is 444 g/mol. The van der Waals surface area contributed by atoms with Gasteiger partial charge in [0.05, 0.1) is 22.5 Å². The summed E-state index contributed by atoms with van der Waals surface area (Å²) in [5.74, 6) is -0.109. The highest BCUT2D eigenvalue weighted by Gasteiger charge is 2.29. The Bertz CT molecular complexity index is 1040. The van der Waals surface area contributed by atoms with Crippen molar-refractivity contribution < 1.29 is 4.79 Å². The van der Waals surface area contributed by atoms with E-state index < -0.39 is 0 Å². The molecule has 1 aliphatic heterocycles. The quantitative estimate of drug-likeness (QED) is 0.500. The molecule has 1 aliphatic rings. The number of rotatable bonds is 1. The highest BCUT2D eigenvalue weighted by atomic mass is 79.9. The summed E-state index contributed by atoms with van der Waals surface area (Å²) < 4.78 is 1.82. The second-order valence-electron chi connectivity index (χ2n) is 5.66. The number of nitrogens with one attached hydrogen (secondary N) is 1. The highest BCUT2D eigenvalue weighted by Crippen LogP contribution is 2.43. The van der Waals surface area contributed by atoms with E-state index in [9.17, 15) is 4.79 Å². The number of fused-ring (bicyclic) bond motifs is 2. The fourth-order valence-corrected chi connectivity index (χ4v) is 4.18. The molecule has 0 saturated heterocycles. The van der Waals surface area contributed by atoms with Crippen molar-refractivity contribution in [3.63, 3.8) is 0 Å². The molecule has 3 nitrogen and oxygen atoms in total. The number of amides is 1. The summed E-state index contributed by atoms with van der Waals surface area (Å²) in [6.07, 6.45) is 1.85.